The molecule has 1 heterocycles. The minimum absolute atomic E-state index is 0.285. The van der Waals surface area contributed by atoms with Crippen molar-refractivity contribution in [3.05, 3.63) is 92.5 Å². The zero-order valence-electron chi connectivity index (χ0n) is 17.4. The minimum atomic E-state index is -0.592. The van der Waals surface area contributed by atoms with Crippen molar-refractivity contribution in [1.82, 2.24) is 5.32 Å². The number of rotatable bonds is 6. The molecule has 3 aromatic carbocycles. The summed E-state index contributed by atoms with van der Waals surface area (Å²) in [6, 6.07) is 18.2. The number of hydrogen-bond donors (Lipinski definition) is 2. The summed E-state index contributed by atoms with van der Waals surface area (Å²) in [7, 11) is 0. The van der Waals surface area contributed by atoms with Gasteiger partial charge in [-0.1, -0.05) is 29.8 Å². The Morgan fingerprint density at radius 2 is 1.84 bits per heavy atom. The van der Waals surface area contributed by atoms with E-state index in [9.17, 15) is 15.2 Å². The van der Waals surface area contributed by atoms with Crippen LogP contribution in [0.4, 0.5) is 17.1 Å². The lowest BCUT2D eigenvalue weighted by Crippen LogP contribution is -2.43. The molecule has 0 amide bonds. The summed E-state index contributed by atoms with van der Waals surface area (Å²) >= 11 is 6.24. The highest BCUT2D eigenvalue weighted by Crippen LogP contribution is 2.32. The predicted molar refractivity (Wildman–Crippen MR) is 128 cm³/mol. The number of anilines is 1. The molecule has 1 fully saturated rings. The van der Waals surface area contributed by atoms with Gasteiger partial charge >= 0.3 is 5.69 Å². The van der Waals surface area contributed by atoms with Crippen molar-refractivity contribution < 1.29 is 10.0 Å². The van der Waals surface area contributed by atoms with E-state index in [1.165, 1.54) is 12.3 Å². The fourth-order valence-corrected chi connectivity index (χ4v) is 3.92. The Hall–Kier alpha value is -3.42. The number of halogens is 1. The summed E-state index contributed by atoms with van der Waals surface area (Å²) in [5.74, 6) is -0.404. The maximum Gasteiger partial charge on any atom is 0.311 e. The van der Waals surface area contributed by atoms with E-state index in [-0.39, 0.29) is 11.3 Å². The molecular formula is C24H23ClN4O3. The third kappa shape index (κ3) is 5.07. The first-order chi connectivity index (χ1) is 15.5. The van der Waals surface area contributed by atoms with E-state index in [1.54, 1.807) is 12.1 Å². The molecule has 2 N–H and O–H groups in total. The van der Waals surface area contributed by atoms with E-state index in [0.29, 0.717) is 22.7 Å². The Kier molecular flexibility index (Phi) is 6.68. The molecule has 3 aromatic rings. The summed E-state index contributed by atoms with van der Waals surface area (Å²) in [5.41, 5.74) is 3.27. The number of nitrogens with zero attached hydrogens (tertiary/aromatic N) is 3. The van der Waals surface area contributed by atoms with Gasteiger partial charge in [-0.05, 0) is 53.9 Å². The van der Waals surface area contributed by atoms with Crippen LogP contribution in [0.1, 0.15) is 16.7 Å². The minimum Gasteiger partial charge on any atom is -0.502 e. The first-order valence-corrected chi connectivity index (χ1v) is 10.7. The highest BCUT2D eigenvalue weighted by molar-refractivity contribution is 6.31. The molecule has 0 unspecified atom stereocenters. The Morgan fingerprint density at radius 3 is 2.53 bits per heavy atom. The number of nitrogens with one attached hydrogen (secondary N) is 1. The third-order valence-corrected chi connectivity index (χ3v) is 5.78. The zero-order valence-corrected chi connectivity index (χ0v) is 18.1. The smallest absolute Gasteiger partial charge is 0.311 e. The van der Waals surface area contributed by atoms with Crippen molar-refractivity contribution in [2.45, 2.75) is 6.42 Å². The van der Waals surface area contributed by atoms with Gasteiger partial charge < -0.3 is 15.3 Å². The van der Waals surface area contributed by atoms with Gasteiger partial charge in [-0.2, -0.15) is 0 Å². The van der Waals surface area contributed by atoms with Gasteiger partial charge in [0, 0.05) is 54.7 Å². The standard InChI is InChI=1S/C24H23ClN4O3/c25-22-4-2-1-3-18(22)13-17-14-19(24(30)23(15-17)29(31)32)16-27-20-5-7-21(8-6-20)28-11-9-26-10-12-28/h1-8,14-16,26,30H,9-13H2. The largest absolute Gasteiger partial charge is 0.502 e. The van der Waals surface area contributed by atoms with Crippen molar-refractivity contribution in [1.29, 1.82) is 0 Å². The number of piperazine rings is 1. The predicted octanol–water partition coefficient (Wildman–Crippen LogP) is 4.70. The van der Waals surface area contributed by atoms with E-state index in [1.807, 2.05) is 42.5 Å². The lowest BCUT2D eigenvalue weighted by molar-refractivity contribution is -0.385. The van der Waals surface area contributed by atoms with Crippen LogP contribution < -0.4 is 10.2 Å². The summed E-state index contributed by atoms with van der Waals surface area (Å²) in [5, 5.41) is 25.8. The molecule has 32 heavy (non-hydrogen) atoms. The number of hydrogen-bond acceptors (Lipinski definition) is 6. The molecule has 164 valence electrons. The average molecular weight is 451 g/mol. The van der Waals surface area contributed by atoms with Crippen LogP contribution in [0.2, 0.25) is 5.02 Å². The van der Waals surface area contributed by atoms with Gasteiger partial charge in [-0.3, -0.25) is 15.1 Å². The van der Waals surface area contributed by atoms with Crippen LogP contribution in [0, 0.1) is 10.1 Å². The number of aromatic hydroxyl groups is 1. The monoisotopic (exact) mass is 450 g/mol. The Morgan fingerprint density at radius 1 is 1.12 bits per heavy atom. The molecule has 0 atom stereocenters. The summed E-state index contributed by atoms with van der Waals surface area (Å²) in [6.07, 6.45) is 1.86. The SMILES string of the molecule is O=[N+]([O-])c1cc(Cc2ccccc2Cl)cc(C=Nc2ccc(N3CCNCC3)cc2)c1O. The highest BCUT2D eigenvalue weighted by Gasteiger charge is 2.19. The molecule has 0 saturated carbocycles. The van der Waals surface area contributed by atoms with Gasteiger partial charge in [0.05, 0.1) is 10.6 Å². The molecular weight excluding hydrogens is 428 g/mol. The molecule has 0 bridgehead atoms. The van der Waals surface area contributed by atoms with Crippen LogP contribution in [0.25, 0.3) is 0 Å². The summed E-state index contributed by atoms with van der Waals surface area (Å²) in [4.78, 5) is 17.6. The van der Waals surface area contributed by atoms with Gasteiger partial charge in [-0.25, -0.2) is 0 Å². The van der Waals surface area contributed by atoms with E-state index in [4.69, 9.17) is 11.6 Å². The Bertz CT molecular complexity index is 1140. The molecule has 0 spiro atoms. The van der Waals surface area contributed by atoms with Crippen LogP contribution >= 0.6 is 11.6 Å². The second-order valence-electron chi connectivity index (χ2n) is 7.59. The van der Waals surface area contributed by atoms with Crippen molar-refractivity contribution in [2.75, 3.05) is 31.1 Å². The number of phenols is 1. The van der Waals surface area contributed by atoms with E-state index in [0.717, 1.165) is 37.4 Å². The zero-order chi connectivity index (χ0) is 22.5. The summed E-state index contributed by atoms with van der Waals surface area (Å²) < 4.78 is 0. The van der Waals surface area contributed by atoms with Gasteiger partial charge in [0.1, 0.15) is 0 Å². The topological polar surface area (TPSA) is 91.0 Å². The fraction of sp³-hybridized carbons (Fsp3) is 0.208. The van der Waals surface area contributed by atoms with Crippen LogP contribution in [0.5, 0.6) is 5.75 Å². The van der Waals surface area contributed by atoms with Crippen molar-refractivity contribution in [3.8, 4) is 5.75 Å². The quantitative estimate of drug-likeness (QED) is 0.322. The molecule has 7 nitrogen and oxygen atoms in total. The van der Waals surface area contributed by atoms with Crippen molar-refractivity contribution in [2.24, 2.45) is 4.99 Å². The first kappa shape index (κ1) is 21.8. The number of benzene rings is 3. The molecule has 8 heteroatoms. The van der Waals surface area contributed by atoms with Crippen LogP contribution in [-0.2, 0) is 6.42 Å². The molecule has 1 aliphatic rings. The van der Waals surface area contributed by atoms with E-state index in [2.05, 4.69) is 15.2 Å². The fourth-order valence-electron chi connectivity index (χ4n) is 3.72. The molecule has 1 saturated heterocycles. The second-order valence-corrected chi connectivity index (χ2v) is 8.00. The molecule has 0 radical (unpaired) electrons. The van der Waals surface area contributed by atoms with Gasteiger partial charge in [0.25, 0.3) is 0 Å². The normalized spacial score (nSPS) is 14.1. The van der Waals surface area contributed by atoms with E-state index >= 15 is 0 Å². The number of aliphatic imine (C=N–C) groups is 1. The van der Waals surface area contributed by atoms with Crippen molar-refractivity contribution >= 4 is 34.9 Å². The van der Waals surface area contributed by atoms with Crippen LogP contribution in [0.3, 0.4) is 0 Å². The molecule has 0 aliphatic carbocycles. The maximum atomic E-state index is 11.5. The highest BCUT2D eigenvalue weighted by atomic mass is 35.5. The molecule has 1 aliphatic heterocycles. The Labute approximate surface area is 191 Å². The first-order valence-electron chi connectivity index (χ1n) is 10.3. The third-order valence-electron chi connectivity index (χ3n) is 5.41. The van der Waals surface area contributed by atoms with Crippen LogP contribution in [-0.4, -0.2) is 42.4 Å². The summed E-state index contributed by atoms with van der Waals surface area (Å²) in [6.45, 7) is 3.84. The molecule has 0 aromatic heterocycles. The van der Waals surface area contributed by atoms with Gasteiger partial charge in [0.15, 0.2) is 0 Å². The number of phenolic OH excluding ortho intramolecular Hbond substituents is 1. The van der Waals surface area contributed by atoms with Crippen LogP contribution in [0.15, 0.2) is 65.7 Å². The lowest BCUT2D eigenvalue weighted by Gasteiger charge is -2.29. The second kappa shape index (κ2) is 9.80. The van der Waals surface area contributed by atoms with Gasteiger partial charge in [0.2, 0.25) is 5.75 Å². The lowest BCUT2D eigenvalue weighted by atomic mass is 10.0. The molecule has 4 rings (SSSR count). The number of nitro groups is 1. The maximum absolute atomic E-state index is 11.5. The average Bonchev–Trinajstić information content (AvgIpc) is 2.81. The van der Waals surface area contributed by atoms with E-state index < -0.39 is 10.7 Å². The van der Waals surface area contributed by atoms with Crippen molar-refractivity contribution in [3.63, 3.8) is 0 Å². The Balaban J connectivity index is 1.59. The van der Waals surface area contributed by atoms with Gasteiger partial charge in [-0.15, -0.1) is 0 Å². The number of nitro benzene ring substituents is 1.